The average Bonchev–Trinajstić information content (AvgIpc) is 2.81. The fourth-order valence-corrected chi connectivity index (χ4v) is 2.35. The highest BCUT2D eigenvalue weighted by atomic mass is 35.5. The number of aromatic nitrogens is 3. The Labute approximate surface area is 119 Å². The Morgan fingerprint density at radius 2 is 2.11 bits per heavy atom. The van der Waals surface area contributed by atoms with E-state index in [4.69, 9.17) is 16.3 Å². The number of thioether (sulfide) groups is 1. The molecule has 1 heterocycles. The first-order valence-corrected chi connectivity index (χ1v) is 7.37. The lowest BCUT2D eigenvalue weighted by atomic mass is 10.3. The van der Waals surface area contributed by atoms with E-state index in [1.165, 1.54) is 0 Å². The molecule has 0 aliphatic carbocycles. The highest BCUT2D eigenvalue weighted by Gasteiger charge is 1.98. The van der Waals surface area contributed by atoms with Crippen LogP contribution in [0, 0.1) is 0 Å². The summed E-state index contributed by atoms with van der Waals surface area (Å²) in [6.07, 6.45) is 0.932. The van der Waals surface area contributed by atoms with Gasteiger partial charge in [-0.1, -0.05) is 11.6 Å². The normalized spacial score (nSPS) is 10.6. The van der Waals surface area contributed by atoms with Crippen molar-refractivity contribution in [1.29, 1.82) is 0 Å². The summed E-state index contributed by atoms with van der Waals surface area (Å²) in [6.45, 7) is 0.658. The molecule has 5 nitrogen and oxygen atoms in total. The maximum Gasteiger partial charge on any atom is 0.340 e. The van der Waals surface area contributed by atoms with Crippen LogP contribution in [-0.2, 0) is 5.75 Å². The molecular formula is C12H14ClN3O2S. The summed E-state index contributed by atoms with van der Waals surface area (Å²) in [4.78, 5) is 13.4. The molecule has 7 heteroatoms. The van der Waals surface area contributed by atoms with Gasteiger partial charge in [0.1, 0.15) is 11.6 Å². The first-order chi connectivity index (χ1) is 9.24. The van der Waals surface area contributed by atoms with Crippen LogP contribution in [-0.4, -0.2) is 27.5 Å². The van der Waals surface area contributed by atoms with E-state index in [2.05, 4.69) is 15.2 Å². The van der Waals surface area contributed by atoms with Gasteiger partial charge in [0.2, 0.25) is 0 Å². The molecule has 0 spiro atoms. The summed E-state index contributed by atoms with van der Waals surface area (Å²) in [6, 6.07) is 7.31. The second-order valence-corrected chi connectivity index (χ2v) is 5.37. The van der Waals surface area contributed by atoms with E-state index in [1.807, 2.05) is 12.1 Å². The van der Waals surface area contributed by atoms with Gasteiger partial charge in [0.25, 0.3) is 0 Å². The highest BCUT2D eigenvalue weighted by molar-refractivity contribution is 7.98. The number of halogens is 1. The maximum absolute atomic E-state index is 10.8. The summed E-state index contributed by atoms with van der Waals surface area (Å²) in [5.41, 5.74) is -0.262. The summed E-state index contributed by atoms with van der Waals surface area (Å²) >= 11 is 7.49. The number of nitrogens with one attached hydrogen (secondary N) is 2. The van der Waals surface area contributed by atoms with Gasteiger partial charge in [-0.15, -0.1) is 0 Å². The minimum Gasteiger partial charge on any atom is -0.494 e. The van der Waals surface area contributed by atoms with Crippen LogP contribution < -0.4 is 10.4 Å². The van der Waals surface area contributed by atoms with Gasteiger partial charge < -0.3 is 4.74 Å². The van der Waals surface area contributed by atoms with Gasteiger partial charge in [-0.05, 0) is 36.4 Å². The van der Waals surface area contributed by atoms with Crippen molar-refractivity contribution in [3.63, 3.8) is 0 Å². The van der Waals surface area contributed by atoms with Crippen molar-refractivity contribution in [2.24, 2.45) is 0 Å². The van der Waals surface area contributed by atoms with E-state index in [0.717, 1.165) is 17.9 Å². The van der Waals surface area contributed by atoms with Crippen LogP contribution in [0.5, 0.6) is 5.75 Å². The lowest BCUT2D eigenvalue weighted by Gasteiger charge is -2.05. The largest absolute Gasteiger partial charge is 0.494 e. The van der Waals surface area contributed by atoms with E-state index in [1.54, 1.807) is 23.9 Å². The van der Waals surface area contributed by atoms with Gasteiger partial charge in [-0.25, -0.2) is 9.89 Å². The third-order valence-electron chi connectivity index (χ3n) is 2.30. The van der Waals surface area contributed by atoms with Crippen LogP contribution in [0.25, 0.3) is 0 Å². The fourth-order valence-electron chi connectivity index (χ4n) is 1.42. The second-order valence-electron chi connectivity index (χ2n) is 3.83. The number of benzene rings is 1. The Morgan fingerprint density at radius 1 is 1.32 bits per heavy atom. The van der Waals surface area contributed by atoms with Crippen LogP contribution in [0.2, 0.25) is 5.02 Å². The number of hydrogen-bond acceptors (Lipinski definition) is 4. The molecule has 1 aromatic heterocycles. The molecule has 0 unspecified atom stereocenters. The summed E-state index contributed by atoms with van der Waals surface area (Å²) in [5.74, 6) is 3.14. The van der Waals surface area contributed by atoms with Crippen LogP contribution in [0.1, 0.15) is 12.2 Å². The van der Waals surface area contributed by atoms with Gasteiger partial charge in [-0.2, -0.15) is 16.9 Å². The molecule has 0 aliphatic rings. The molecule has 0 aliphatic heterocycles. The topological polar surface area (TPSA) is 70.8 Å². The van der Waals surface area contributed by atoms with Gasteiger partial charge in [0.15, 0.2) is 0 Å². The van der Waals surface area contributed by atoms with Crippen LogP contribution >= 0.6 is 23.4 Å². The smallest absolute Gasteiger partial charge is 0.340 e. The standard InChI is InChI=1S/C12H14ClN3O2S/c13-9-2-4-10(5-3-9)18-6-1-7-19-8-11-14-12(17)16-15-11/h2-5H,1,6-8H2,(H2,14,15,16,17). The predicted octanol–water partition coefficient (Wildman–Crippen LogP) is 2.45. The van der Waals surface area contributed by atoms with E-state index >= 15 is 0 Å². The minimum absolute atomic E-state index is 0.262. The molecule has 2 aromatic rings. The molecule has 1 aromatic carbocycles. The van der Waals surface area contributed by atoms with E-state index in [0.29, 0.717) is 23.2 Å². The van der Waals surface area contributed by atoms with Crippen molar-refractivity contribution in [3.05, 3.63) is 45.6 Å². The Bertz CT molecular complexity index is 553. The van der Waals surface area contributed by atoms with Crippen LogP contribution in [0.4, 0.5) is 0 Å². The summed E-state index contributed by atoms with van der Waals surface area (Å²) in [5, 5.41) is 6.87. The number of ether oxygens (including phenoxy) is 1. The first kappa shape index (κ1) is 14.0. The van der Waals surface area contributed by atoms with Gasteiger partial charge in [0, 0.05) is 5.02 Å². The van der Waals surface area contributed by atoms with Crippen molar-refractivity contribution < 1.29 is 4.74 Å². The molecule has 0 amide bonds. The van der Waals surface area contributed by atoms with Crippen molar-refractivity contribution >= 4 is 23.4 Å². The third kappa shape index (κ3) is 5.00. The number of rotatable bonds is 7. The van der Waals surface area contributed by atoms with Crippen molar-refractivity contribution in [2.45, 2.75) is 12.2 Å². The van der Waals surface area contributed by atoms with Gasteiger partial charge in [-0.3, -0.25) is 4.98 Å². The predicted molar refractivity (Wildman–Crippen MR) is 76.9 cm³/mol. The monoisotopic (exact) mass is 299 g/mol. The van der Waals surface area contributed by atoms with E-state index in [9.17, 15) is 4.79 Å². The zero-order valence-corrected chi connectivity index (χ0v) is 11.8. The average molecular weight is 300 g/mol. The van der Waals surface area contributed by atoms with Crippen molar-refractivity contribution in [1.82, 2.24) is 15.2 Å². The zero-order valence-electron chi connectivity index (χ0n) is 10.2. The van der Waals surface area contributed by atoms with Crippen molar-refractivity contribution in [2.75, 3.05) is 12.4 Å². The molecule has 2 N–H and O–H groups in total. The van der Waals surface area contributed by atoms with Crippen molar-refractivity contribution in [3.8, 4) is 5.75 Å². The molecule has 0 radical (unpaired) electrons. The minimum atomic E-state index is -0.262. The molecule has 19 heavy (non-hydrogen) atoms. The van der Waals surface area contributed by atoms with Gasteiger partial charge in [0.05, 0.1) is 12.4 Å². The Kier molecular flexibility index (Phi) is 5.35. The number of nitrogens with zero attached hydrogens (tertiary/aromatic N) is 1. The number of aromatic amines is 2. The molecule has 0 saturated carbocycles. The fraction of sp³-hybridized carbons (Fsp3) is 0.333. The summed E-state index contributed by atoms with van der Waals surface area (Å²) in [7, 11) is 0. The number of H-pyrrole nitrogens is 2. The molecule has 102 valence electrons. The number of hydrogen-bond donors (Lipinski definition) is 2. The Balaban J connectivity index is 1.57. The molecule has 0 bridgehead atoms. The Hall–Kier alpha value is -1.40. The SMILES string of the molecule is O=c1[nH]nc(CSCCCOc2ccc(Cl)cc2)[nH]1. The Morgan fingerprint density at radius 3 is 2.79 bits per heavy atom. The zero-order chi connectivity index (χ0) is 13.5. The van der Waals surface area contributed by atoms with E-state index in [-0.39, 0.29) is 5.69 Å². The molecular weight excluding hydrogens is 286 g/mol. The molecule has 0 saturated heterocycles. The first-order valence-electron chi connectivity index (χ1n) is 5.84. The van der Waals surface area contributed by atoms with E-state index < -0.39 is 0 Å². The lowest BCUT2D eigenvalue weighted by molar-refractivity contribution is 0.318. The maximum atomic E-state index is 10.8. The highest BCUT2D eigenvalue weighted by Crippen LogP contribution is 2.16. The van der Waals surface area contributed by atoms with Gasteiger partial charge >= 0.3 is 5.69 Å². The quantitative estimate of drug-likeness (QED) is 0.771. The van der Waals surface area contributed by atoms with Crippen LogP contribution in [0.15, 0.2) is 29.1 Å². The van der Waals surface area contributed by atoms with Crippen LogP contribution in [0.3, 0.4) is 0 Å². The molecule has 0 atom stereocenters. The third-order valence-corrected chi connectivity index (χ3v) is 3.61. The molecule has 2 rings (SSSR count). The lowest BCUT2D eigenvalue weighted by Crippen LogP contribution is -2.01. The summed E-state index contributed by atoms with van der Waals surface area (Å²) < 4.78 is 5.57. The second kappa shape index (κ2) is 7.25. The molecule has 0 fully saturated rings.